The first-order chi connectivity index (χ1) is 12.0. The molecule has 0 aliphatic carbocycles. The summed E-state index contributed by atoms with van der Waals surface area (Å²) in [6, 6.07) is 6.96. The number of nitrogens with one attached hydrogen (secondary N) is 1. The number of imidazole rings is 1. The second kappa shape index (κ2) is 5.84. The molecule has 0 radical (unpaired) electrons. The van der Waals surface area contributed by atoms with Crippen LogP contribution < -0.4 is 5.32 Å². The van der Waals surface area contributed by atoms with Crippen molar-refractivity contribution in [3.05, 3.63) is 48.0 Å². The molecule has 6 nitrogen and oxygen atoms in total. The third kappa shape index (κ3) is 2.71. The summed E-state index contributed by atoms with van der Waals surface area (Å²) < 4.78 is 17.2. The highest BCUT2D eigenvalue weighted by Gasteiger charge is 2.10. The Bertz CT molecular complexity index is 1060. The highest BCUT2D eigenvalue weighted by molar-refractivity contribution is 5.78. The number of hydrogen-bond donors (Lipinski definition) is 1. The summed E-state index contributed by atoms with van der Waals surface area (Å²) in [6.07, 6.45) is 3.68. The molecule has 25 heavy (non-hydrogen) atoms. The summed E-state index contributed by atoms with van der Waals surface area (Å²) >= 11 is 0. The van der Waals surface area contributed by atoms with Gasteiger partial charge < -0.3 is 9.88 Å². The maximum Gasteiger partial charge on any atom is 0.203 e. The molecule has 3 heterocycles. The third-order valence-electron chi connectivity index (χ3n) is 4.27. The number of pyridine rings is 1. The Labute approximate surface area is 144 Å². The monoisotopic (exact) mass is 338 g/mol. The molecule has 0 spiro atoms. The SMILES string of the molecule is CC(C)n1ncc2cc(CNc3nc4cc(F)ccc4n3C)cnc21. The van der Waals surface area contributed by atoms with E-state index in [9.17, 15) is 4.39 Å². The van der Waals surface area contributed by atoms with E-state index in [1.807, 2.05) is 28.7 Å². The lowest BCUT2D eigenvalue weighted by molar-refractivity contribution is 0.546. The molecule has 1 aromatic carbocycles. The number of aromatic nitrogens is 5. The quantitative estimate of drug-likeness (QED) is 0.617. The molecule has 0 aliphatic rings. The van der Waals surface area contributed by atoms with Crippen molar-refractivity contribution in [2.45, 2.75) is 26.4 Å². The van der Waals surface area contributed by atoms with Gasteiger partial charge in [0.15, 0.2) is 5.65 Å². The molecule has 4 rings (SSSR count). The Kier molecular flexibility index (Phi) is 3.63. The summed E-state index contributed by atoms with van der Waals surface area (Å²) in [5, 5.41) is 8.70. The van der Waals surface area contributed by atoms with Crippen molar-refractivity contribution >= 4 is 28.0 Å². The average Bonchev–Trinajstić information content (AvgIpc) is 3.13. The fraction of sp³-hybridized carbons (Fsp3) is 0.278. The zero-order chi connectivity index (χ0) is 17.6. The number of fused-ring (bicyclic) bond motifs is 2. The summed E-state index contributed by atoms with van der Waals surface area (Å²) in [7, 11) is 1.91. The second-order valence-electron chi connectivity index (χ2n) is 6.42. The van der Waals surface area contributed by atoms with Crippen molar-refractivity contribution in [2.75, 3.05) is 5.32 Å². The first-order valence-corrected chi connectivity index (χ1v) is 8.21. The lowest BCUT2D eigenvalue weighted by Crippen LogP contribution is -2.06. The minimum Gasteiger partial charge on any atom is -0.351 e. The van der Waals surface area contributed by atoms with E-state index in [-0.39, 0.29) is 11.9 Å². The number of nitrogens with zero attached hydrogens (tertiary/aromatic N) is 5. The molecule has 0 saturated heterocycles. The van der Waals surface area contributed by atoms with Crippen LogP contribution in [-0.2, 0) is 13.6 Å². The minimum absolute atomic E-state index is 0.273. The van der Waals surface area contributed by atoms with Crippen LogP contribution in [0, 0.1) is 5.82 Å². The Morgan fingerprint density at radius 3 is 2.84 bits per heavy atom. The number of aryl methyl sites for hydroxylation is 1. The topological polar surface area (TPSA) is 60.6 Å². The second-order valence-corrected chi connectivity index (χ2v) is 6.42. The van der Waals surface area contributed by atoms with Gasteiger partial charge in [-0.05, 0) is 37.6 Å². The maximum atomic E-state index is 13.3. The molecule has 0 unspecified atom stereocenters. The summed E-state index contributed by atoms with van der Waals surface area (Å²) in [5.41, 5.74) is 3.44. The maximum absolute atomic E-state index is 13.3. The van der Waals surface area contributed by atoms with E-state index < -0.39 is 0 Å². The van der Waals surface area contributed by atoms with Crippen LogP contribution in [0.5, 0.6) is 0 Å². The van der Waals surface area contributed by atoms with Gasteiger partial charge in [-0.3, -0.25) is 0 Å². The van der Waals surface area contributed by atoms with Gasteiger partial charge in [0.1, 0.15) is 5.82 Å². The molecule has 1 N–H and O–H groups in total. The van der Waals surface area contributed by atoms with Crippen molar-refractivity contribution in [3.63, 3.8) is 0 Å². The van der Waals surface area contributed by atoms with Crippen LogP contribution in [0.15, 0.2) is 36.7 Å². The fourth-order valence-corrected chi connectivity index (χ4v) is 2.97. The van der Waals surface area contributed by atoms with Gasteiger partial charge in [-0.15, -0.1) is 0 Å². The summed E-state index contributed by atoms with van der Waals surface area (Å²) in [5.74, 6) is 0.410. The van der Waals surface area contributed by atoms with Gasteiger partial charge >= 0.3 is 0 Å². The van der Waals surface area contributed by atoms with Gasteiger partial charge in [-0.25, -0.2) is 19.0 Å². The van der Waals surface area contributed by atoms with E-state index in [0.29, 0.717) is 18.0 Å². The molecule has 128 valence electrons. The van der Waals surface area contributed by atoms with Crippen molar-refractivity contribution < 1.29 is 4.39 Å². The standard InChI is InChI=1S/C18H19FN6/c1-11(2)25-17-13(10-22-25)6-12(8-20-17)9-21-18-23-15-7-14(19)4-5-16(15)24(18)3/h4-8,10-11H,9H2,1-3H3,(H,21,23). The third-order valence-corrected chi connectivity index (χ3v) is 4.27. The minimum atomic E-state index is -0.283. The predicted octanol–water partition coefficient (Wildman–Crippen LogP) is 3.65. The number of rotatable bonds is 4. The number of halogens is 1. The number of anilines is 1. The predicted molar refractivity (Wildman–Crippen MR) is 95.9 cm³/mol. The highest BCUT2D eigenvalue weighted by atomic mass is 19.1. The summed E-state index contributed by atoms with van der Waals surface area (Å²) in [4.78, 5) is 8.99. The van der Waals surface area contributed by atoms with E-state index in [2.05, 4.69) is 40.3 Å². The van der Waals surface area contributed by atoms with Crippen LogP contribution >= 0.6 is 0 Å². The van der Waals surface area contributed by atoms with Gasteiger partial charge in [0.25, 0.3) is 0 Å². The lowest BCUT2D eigenvalue weighted by Gasteiger charge is -2.08. The smallest absolute Gasteiger partial charge is 0.203 e. The van der Waals surface area contributed by atoms with Crippen molar-refractivity contribution in [3.8, 4) is 0 Å². The molecule has 4 aromatic rings. The molecule has 0 aliphatic heterocycles. The zero-order valence-corrected chi connectivity index (χ0v) is 14.4. The molecule has 0 atom stereocenters. The Balaban J connectivity index is 1.59. The molecule has 0 saturated carbocycles. The highest BCUT2D eigenvalue weighted by Crippen LogP contribution is 2.21. The summed E-state index contributed by atoms with van der Waals surface area (Å²) in [6.45, 7) is 4.74. The van der Waals surface area contributed by atoms with E-state index in [4.69, 9.17) is 0 Å². The Morgan fingerprint density at radius 1 is 1.20 bits per heavy atom. The molecule has 0 amide bonds. The molecule has 0 bridgehead atoms. The van der Waals surface area contributed by atoms with Crippen LogP contribution in [-0.4, -0.2) is 24.3 Å². The molecular formula is C18H19FN6. The number of hydrogen-bond acceptors (Lipinski definition) is 4. The molecule has 7 heteroatoms. The van der Waals surface area contributed by atoms with Gasteiger partial charge in [0, 0.05) is 37.3 Å². The van der Waals surface area contributed by atoms with E-state index in [1.54, 1.807) is 6.07 Å². The first-order valence-electron chi connectivity index (χ1n) is 8.21. The average molecular weight is 338 g/mol. The normalized spacial score (nSPS) is 11.7. The molecular weight excluding hydrogens is 319 g/mol. The lowest BCUT2D eigenvalue weighted by atomic mass is 10.2. The van der Waals surface area contributed by atoms with Gasteiger partial charge in [0.05, 0.1) is 17.2 Å². The van der Waals surface area contributed by atoms with Gasteiger partial charge in [-0.2, -0.15) is 5.10 Å². The van der Waals surface area contributed by atoms with Crippen molar-refractivity contribution in [1.82, 2.24) is 24.3 Å². The van der Waals surface area contributed by atoms with Crippen LogP contribution in [0.4, 0.5) is 10.3 Å². The number of benzene rings is 1. The Hall–Kier alpha value is -2.96. The molecule has 3 aromatic heterocycles. The van der Waals surface area contributed by atoms with Crippen molar-refractivity contribution in [1.29, 1.82) is 0 Å². The van der Waals surface area contributed by atoms with Gasteiger partial charge in [-0.1, -0.05) is 0 Å². The first kappa shape index (κ1) is 15.6. The molecule has 0 fully saturated rings. The van der Waals surface area contributed by atoms with Crippen LogP contribution in [0.3, 0.4) is 0 Å². The van der Waals surface area contributed by atoms with E-state index >= 15 is 0 Å². The van der Waals surface area contributed by atoms with Crippen LogP contribution in [0.25, 0.3) is 22.1 Å². The van der Waals surface area contributed by atoms with Crippen molar-refractivity contribution in [2.24, 2.45) is 7.05 Å². The van der Waals surface area contributed by atoms with E-state index in [1.165, 1.54) is 12.1 Å². The van der Waals surface area contributed by atoms with E-state index in [0.717, 1.165) is 22.1 Å². The fourth-order valence-electron chi connectivity index (χ4n) is 2.97. The zero-order valence-electron chi connectivity index (χ0n) is 14.4. The van der Waals surface area contributed by atoms with Gasteiger partial charge in [0.2, 0.25) is 5.95 Å². The largest absolute Gasteiger partial charge is 0.351 e. The van der Waals surface area contributed by atoms with Crippen LogP contribution in [0.2, 0.25) is 0 Å². The Morgan fingerprint density at radius 2 is 2.04 bits per heavy atom. The van der Waals surface area contributed by atoms with Crippen LogP contribution in [0.1, 0.15) is 25.5 Å².